The minimum Gasteiger partial charge on any atom is -0.506 e. The molecule has 2 bridgehead atoms. The fraction of sp³-hybridized carbons (Fsp3) is 0.767. The Bertz CT molecular complexity index is 1870. The van der Waals surface area contributed by atoms with Gasteiger partial charge >= 0.3 is 0 Å². The Morgan fingerprint density at radius 3 is 1.01 bits per heavy atom. The highest BCUT2D eigenvalue weighted by Crippen LogP contribution is 2.31. The lowest BCUT2D eigenvalue weighted by Gasteiger charge is -2.43. The van der Waals surface area contributed by atoms with E-state index in [9.17, 15) is 112 Å². The van der Waals surface area contributed by atoms with Crippen LogP contribution in [0.2, 0.25) is 0 Å². The van der Waals surface area contributed by atoms with Gasteiger partial charge < -0.3 is 150 Å². The van der Waals surface area contributed by atoms with E-state index in [-0.39, 0.29) is 19.0 Å². The number of rotatable bonds is 13. The number of fused-ring (bicyclic) bond motifs is 22. The van der Waals surface area contributed by atoms with Gasteiger partial charge in [0.2, 0.25) is 31.5 Å². The number of piperazine rings is 1. The zero-order valence-corrected chi connectivity index (χ0v) is 40.4. The topological polar surface area (TPSA) is 516 Å². The minimum absolute atomic E-state index is 0.0345. The van der Waals surface area contributed by atoms with Crippen LogP contribution in [0.4, 0.5) is 0 Å². The van der Waals surface area contributed by atoms with Gasteiger partial charge in [-0.25, -0.2) is 0 Å². The summed E-state index contributed by atoms with van der Waals surface area (Å²) < 4.78 is 37.0. The summed E-state index contributed by atoms with van der Waals surface area (Å²) in [4.78, 5) is 4.06. The summed E-state index contributed by atoms with van der Waals surface area (Å²) >= 11 is 0. The molecule has 31 nitrogen and oxygen atoms in total. The molecule has 4 rings (SSSR count). The summed E-state index contributed by atoms with van der Waals surface area (Å²) in [6.45, 7) is 1.44. The molecule has 0 aromatic heterocycles. The van der Waals surface area contributed by atoms with Crippen molar-refractivity contribution in [3.05, 3.63) is 57.6 Å². The molecule has 0 spiro atoms. The monoisotopic (exact) mass is 1080 g/mol. The van der Waals surface area contributed by atoms with Crippen LogP contribution >= 0.6 is 0 Å². The van der Waals surface area contributed by atoms with Gasteiger partial charge in [-0.15, -0.1) is 0 Å². The fourth-order valence-electron chi connectivity index (χ4n) is 7.66. The average Bonchev–Trinajstić information content (AvgIpc) is 3.38. The molecule has 430 valence electrons. The largest absolute Gasteiger partial charge is 0.506 e. The van der Waals surface area contributed by atoms with Gasteiger partial charge in [-0.1, -0.05) is 0 Å². The number of nitrogens with zero attached hydrogens (tertiary/aromatic N) is 2. The maximum Gasteiger partial charge on any atom is 0.218 e. The Morgan fingerprint density at radius 1 is 0.392 bits per heavy atom. The number of hydrogen-bond acceptors (Lipinski definition) is 31. The number of aliphatic hydroxyl groups is 22. The zero-order valence-electron chi connectivity index (χ0n) is 40.4. The van der Waals surface area contributed by atoms with E-state index in [1.165, 1.54) is 0 Å². The summed E-state index contributed by atoms with van der Waals surface area (Å²) in [7, 11) is 0. The molecule has 31 heteroatoms. The molecule has 0 radical (unpaired) electrons. The highest BCUT2D eigenvalue weighted by Gasteiger charge is 2.48. The van der Waals surface area contributed by atoms with E-state index in [0.717, 1.165) is 0 Å². The van der Waals surface area contributed by atoms with Crippen LogP contribution in [0.1, 0.15) is 46.0 Å². The van der Waals surface area contributed by atoms with Crippen molar-refractivity contribution in [1.29, 1.82) is 0 Å². The standard InChI is InChI=1S/C43H74N2O29/c1-18(2)45-11-9-44(10-12-45)8-3-19-25(51)31(57)39(64)69-20(4-13-46)26(52)32(58)40(65)70-21(5-14-47)27(53)33(59)41(66)71-22(6-15-48)28(54)35(61)42(67)74-37-24(17-50)73-43(36(62)30(37)56)72-23(7-16-49)29(55)34(60)38(63)68-19/h18-24,30,36-43,46-67H,3-17H2,1-2H3/b31-25?,32-26+,33-27-,34-29-,35-28+. The molecule has 0 saturated carbocycles. The highest BCUT2D eigenvalue weighted by molar-refractivity contribution is 5.14. The summed E-state index contributed by atoms with van der Waals surface area (Å²) in [5.74, 6) is -14.8. The number of ether oxygens (including phenoxy) is 7. The number of aliphatic hydroxyl groups excluding tert-OH is 22. The van der Waals surface area contributed by atoms with Crippen LogP contribution in [0.5, 0.6) is 0 Å². The lowest BCUT2D eigenvalue weighted by Crippen LogP contribution is -2.61. The van der Waals surface area contributed by atoms with Crippen LogP contribution in [-0.4, -0.2) is 287 Å². The molecular weight excluding hydrogens is 1010 g/mol. The van der Waals surface area contributed by atoms with Gasteiger partial charge in [-0.3, -0.25) is 4.90 Å². The summed E-state index contributed by atoms with van der Waals surface area (Å²) in [6, 6.07) is 0.208. The van der Waals surface area contributed by atoms with Crippen LogP contribution in [0, 0.1) is 0 Å². The molecule has 0 amide bonds. The van der Waals surface area contributed by atoms with E-state index in [4.69, 9.17) is 33.2 Å². The maximum absolute atomic E-state index is 11.3. The molecule has 15 unspecified atom stereocenters. The van der Waals surface area contributed by atoms with Gasteiger partial charge in [0.1, 0.15) is 54.9 Å². The van der Waals surface area contributed by atoms with E-state index in [1.807, 2.05) is 18.7 Å². The van der Waals surface area contributed by atoms with Crippen molar-refractivity contribution >= 4 is 0 Å². The highest BCUT2D eigenvalue weighted by atomic mass is 16.7. The lowest BCUT2D eigenvalue weighted by molar-refractivity contribution is -0.329. The van der Waals surface area contributed by atoms with Crippen LogP contribution < -0.4 is 0 Å². The summed E-state index contributed by atoms with van der Waals surface area (Å²) in [5.41, 5.74) is 0. The second-order valence-electron chi connectivity index (χ2n) is 17.4. The molecule has 2 saturated heterocycles. The predicted octanol–water partition coefficient (Wildman–Crippen LogP) is -4.07. The molecule has 4 heterocycles. The summed E-state index contributed by atoms with van der Waals surface area (Å²) in [5, 5.41) is 235. The van der Waals surface area contributed by atoms with Crippen molar-refractivity contribution in [3.8, 4) is 0 Å². The first-order valence-corrected chi connectivity index (χ1v) is 23.3. The second kappa shape index (κ2) is 30.6. The normalized spacial score (nSPS) is 38.7. The molecule has 0 aliphatic carbocycles. The Hall–Kier alpha value is -4.14. The molecule has 15 atom stereocenters. The summed E-state index contributed by atoms with van der Waals surface area (Å²) in [6.07, 6.45) is -38.0. The van der Waals surface area contributed by atoms with E-state index in [2.05, 4.69) is 4.90 Å². The van der Waals surface area contributed by atoms with E-state index >= 15 is 0 Å². The average molecular weight is 1080 g/mol. The first-order valence-electron chi connectivity index (χ1n) is 23.3. The lowest BCUT2D eigenvalue weighted by atomic mass is 9.98. The SMILES string of the molecule is CC(C)N1CCN(CCC2OC(O)/C(O)=C(/O)C(CCO)OC3OC(CO)C(OC(O)/C(O)=C(\O)C(CCO)OC(O)/C(O)=C(/O)C(CCO)OC(O)/C(O)=C(\O)C(CCO)OC(O)C(O)=C2O)C(O)C3O)CC1. The maximum atomic E-state index is 11.3. The van der Waals surface area contributed by atoms with Crippen molar-refractivity contribution in [2.24, 2.45) is 0 Å². The Kier molecular flexibility index (Phi) is 26.5. The van der Waals surface area contributed by atoms with Crippen LogP contribution in [0.3, 0.4) is 0 Å². The van der Waals surface area contributed by atoms with Gasteiger partial charge in [-0.05, 0) is 20.3 Å². The van der Waals surface area contributed by atoms with E-state index < -0.39 is 209 Å². The second-order valence-corrected chi connectivity index (χ2v) is 17.4. The molecular formula is C43H74N2O29. The molecule has 74 heavy (non-hydrogen) atoms. The van der Waals surface area contributed by atoms with Gasteiger partial charge in [0.25, 0.3) is 0 Å². The van der Waals surface area contributed by atoms with Crippen LogP contribution in [0.15, 0.2) is 57.6 Å². The van der Waals surface area contributed by atoms with Crippen LogP contribution in [-0.2, 0) is 33.2 Å². The Balaban J connectivity index is 2.21. The minimum atomic E-state index is -2.78. The zero-order chi connectivity index (χ0) is 55.7. The molecule has 2 fully saturated rings. The first kappa shape index (κ1) is 64.1. The smallest absolute Gasteiger partial charge is 0.218 e. The van der Waals surface area contributed by atoms with Gasteiger partial charge in [0, 0.05) is 90.9 Å². The third-order valence-electron chi connectivity index (χ3n) is 12.0. The predicted molar refractivity (Wildman–Crippen MR) is 243 cm³/mol. The Labute approximate surface area is 422 Å². The van der Waals surface area contributed by atoms with E-state index in [1.54, 1.807) is 0 Å². The van der Waals surface area contributed by atoms with Crippen molar-refractivity contribution in [2.75, 3.05) is 65.8 Å². The fourth-order valence-corrected chi connectivity index (χ4v) is 7.66. The van der Waals surface area contributed by atoms with Crippen molar-refractivity contribution in [2.45, 2.75) is 145 Å². The van der Waals surface area contributed by atoms with Crippen molar-refractivity contribution in [1.82, 2.24) is 9.80 Å². The van der Waals surface area contributed by atoms with Crippen LogP contribution in [0.25, 0.3) is 0 Å². The van der Waals surface area contributed by atoms with E-state index in [0.29, 0.717) is 26.2 Å². The molecule has 0 aromatic rings. The van der Waals surface area contributed by atoms with Gasteiger partial charge in [-0.2, -0.15) is 0 Å². The Morgan fingerprint density at radius 2 is 0.703 bits per heavy atom. The molecule has 4 aliphatic heterocycles. The van der Waals surface area contributed by atoms with Gasteiger partial charge in [0.15, 0.2) is 63.9 Å². The molecule has 0 aromatic carbocycles. The van der Waals surface area contributed by atoms with Crippen molar-refractivity contribution in [3.63, 3.8) is 0 Å². The molecule has 22 N–H and O–H groups in total. The van der Waals surface area contributed by atoms with Gasteiger partial charge in [0.05, 0.1) is 6.61 Å². The number of hydrogen-bond donors (Lipinski definition) is 22. The van der Waals surface area contributed by atoms with Crippen molar-refractivity contribution < 1.29 is 146 Å². The third-order valence-corrected chi connectivity index (χ3v) is 12.0. The molecule has 4 aliphatic rings. The quantitative estimate of drug-likeness (QED) is 0.0834. The third kappa shape index (κ3) is 17.2. The first-order chi connectivity index (χ1) is 34.9.